The van der Waals surface area contributed by atoms with Crippen molar-refractivity contribution in [2.24, 2.45) is 50.2 Å². The lowest BCUT2D eigenvalue weighted by Crippen LogP contribution is -2.68. The fraction of sp³-hybridized carbons (Fsp3) is 0.857. The van der Waals surface area contributed by atoms with Gasteiger partial charge in [0.2, 0.25) is 0 Å². The SMILES string of the molecule is CC1(C)[C@@H](OC2OC(C(=O)O)C(O)C(O)C2OC2OC(C(=O)O)C(O)C(O)C2O)CC[C@]2(C)[C@H]3C(=O)C=C4[C@@H]5C[C@@](C)(C(=O)[O-])CC[C@]5(C)CC[C@@]4(C)[C@]3(C)CC[C@@H]12.[NH4+]. The van der Waals surface area contributed by atoms with Crippen molar-refractivity contribution in [3.8, 4) is 0 Å². The van der Waals surface area contributed by atoms with Crippen molar-refractivity contribution >= 4 is 23.7 Å². The van der Waals surface area contributed by atoms with Gasteiger partial charge in [-0.25, -0.2) is 9.59 Å². The largest absolute Gasteiger partial charge is 0.550 e. The third-order valence-corrected chi connectivity index (χ3v) is 17.2. The zero-order valence-corrected chi connectivity index (χ0v) is 35.3. The normalized spacial score (nSPS) is 51.7. The molecular formula is C42H65NO16. The number of carbonyl (C=O) groups excluding carboxylic acids is 2. The highest BCUT2D eigenvalue weighted by atomic mass is 16.8. The molecule has 7 aliphatic rings. The summed E-state index contributed by atoms with van der Waals surface area (Å²) >= 11 is 0. The Morgan fingerprint density at radius 2 is 1.31 bits per heavy atom. The molecular weight excluding hydrogens is 774 g/mol. The first kappa shape index (κ1) is 45.9. The van der Waals surface area contributed by atoms with Crippen LogP contribution in [0.15, 0.2) is 11.6 Å². The Morgan fingerprint density at radius 3 is 1.90 bits per heavy atom. The van der Waals surface area contributed by atoms with E-state index in [1.165, 1.54) is 0 Å². The average molecular weight is 840 g/mol. The van der Waals surface area contributed by atoms with Crippen LogP contribution >= 0.6 is 0 Å². The Kier molecular flexibility index (Phi) is 11.7. The van der Waals surface area contributed by atoms with Crippen molar-refractivity contribution in [2.75, 3.05) is 0 Å². The topological polar surface area (TPSA) is 306 Å². The molecule has 0 aromatic heterocycles. The second-order valence-electron chi connectivity index (χ2n) is 20.6. The molecule has 0 radical (unpaired) electrons. The van der Waals surface area contributed by atoms with Crippen molar-refractivity contribution in [3.05, 3.63) is 11.6 Å². The van der Waals surface area contributed by atoms with Gasteiger partial charge in [-0.15, -0.1) is 0 Å². The van der Waals surface area contributed by atoms with Gasteiger partial charge in [0.15, 0.2) is 30.6 Å². The van der Waals surface area contributed by atoms with Crippen LogP contribution in [0.4, 0.5) is 0 Å². The van der Waals surface area contributed by atoms with E-state index in [-0.39, 0.29) is 40.5 Å². The summed E-state index contributed by atoms with van der Waals surface area (Å²) in [6.07, 6.45) is -12.5. The molecule has 0 amide bonds. The number of rotatable bonds is 7. The smallest absolute Gasteiger partial charge is 0.335 e. The van der Waals surface area contributed by atoms with Crippen molar-refractivity contribution in [1.82, 2.24) is 6.15 Å². The fourth-order valence-electron chi connectivity index (χ4n) is 13.4. The number of carboxylic acids is 3. The second kappa shape index (κ2) is 15.1. The van der Waals surface area contributed by atoms with Crippen LogP contribution in [0.1, 0.15) is 106 Å². The molecule has 10 unspecified atom stereocenters. The summed E-state index contributed by atoms with van der Waals surface area (Å²) in [5.41, 5.74) is -2.03. The molecule has 0 aromatic carbocycles. The lowest BCUT2D eigenvalue weighted by Gasteiger charge is -2.70. The van der Waals surface area contributed by atoms with Crippen molar-refractivity contribution in [1.29, 1.82) is 0 Å². The van der Waals surface area contributed by atoms with Crippen LogP contribution in [0.5, 0.6) is 0 Å². The van der Waals surface area contributed by atoms with Crippen LogP contribution in [0.25, 0.3) is 0 Å². The van der Waals surface area contributed by atoms with Crippen LogP contribution in [0, 0.1) is 50.2 Å². The molecule has 2 aliphatic heterocycles. The number of carbonyl (C=O) groups is 4. The summed E-state index contributed by atoms with van der Waals surface area (Å²) < 4.78 is 23.4. The highest BCUT2D eigenvalue weighted by Crippen LogP contribution is 2.75. The monoisotopic (exact) mass is 839 g/mol. The summed E-state index contributed by atoms with van der Waals surface area (Å²) in [4.78, 5) is 51.2. The minimum Gasteiger partial charge on any atom is -0.550 e. The number of hydrogen-bond donors (Lipinski definition) is 8. The summed E-state index contributed by atoms with van der Waals surface area (Å²) in [5.74, 6) is -4.80. The van der Waals surface area contributed by atoms with Gasteiger partial charge in [-0.3, -0.25) is 4.79 Å². The van der Waals surface area contributed by atoms with Gasteiger partial charge >= 0.3 is 11.9 Å². The van der Waals surface area contributed by atoms with Gasteiger partial charge in [-0.05, 0) is 103 Å². The quantitative estimate of drug-likeness (QED) is 0.168. The van der Waals surface area contributed by atoms with Crippen LogP contribution in [0.3, 0.4) is 0 Å². The van der Waals surface area contributed by atoms with Crippen LogP contribution in [-0.2, 0) is 38.1 Å². The Morgan fingerprint density at radius 1 is 0.729 bits per heavy atom. The molecule has 59 heavy (non-hydrogen) atoms. The molecule has 6 fully saturated rings. The van der Waals surface area contributed by atoms with E-state index in [9.17, 15) is 60.0 Å². The number of aliphatic hydroxyl groups excluding tert-OH is 5. The minimum absolute atomic E-state index is 0. The maximum atomic E-state index is 14.8. The fourth-order valence-corrected chi connectivity index (χ4v) is 13.4. The van der Waals surface area contributed by atoms with E-state index in [4.69, 9.17) is 18.9 Å². The third kappa shape index (κ3) is 6.72. The molecule has 2 saturated heterocycles. The number of fused-ring (bicyclic) bond motifs is 7. The van der Waals surface area contributed by atoms with E-state index in [1.807, 2.05) is 19.9 Å². The molecule has 17 heteroatoms. The summed E-state index contributed by atoms with van der Waals surface area (Å²) in [7, 11) is 0. The molecule has 0 aromatic rings. The van der Waals surface area contributed by atoms with Crippen LogP contribution < -0.4 is 11.3 Å². The number of allylic oxidation sites excluding steroid dienone is 2. The zero-order chi connectivity index (χ0) is 42.9. The second-order valence-corrected chi connectivity index (χ2v) is 20.6. The number of aliphatic carboxylic acids is 3. The van der Waals surface area contributed by atoms with Crippen LogP contribution in [0.2, 0.25) is 0 Å². The van der Waals surface area contributed by atoms with Crippen molar-refractivity contribution < 1.29 is 79.0 Å². The molecule has 0 spiro atoms. The molecule has 0 bridgehead atoms. The lowest BCUT2D eigenvalue weighted by atomic mass is 9.33. The Bertz CT molecular complexity index is 1740. The van der Waals surface area contributed by atoms with Crippen molar-refractivity contribution in [2.45, 2.75) is 174 Å². The predicted molar refractivity (Wildman–Crippen MR) is 203 cm³/mol. The van der Waals surface area contributed by atoms with Crippen molar-refractivity contribution in [3.63, 3.8) is 0 Å². The van der Waals surface area contributed by atoms with E-state index in [0.717, 1.165) is 24.8 Å². The third-order valence-electron chi connectivity index (χ3n) is 17.2. The standard InChI is InChI=1S/C42H62O16.H3N/c1-37(2)21-8-11-42(7)31(20(43)16-18-19-17-39(4,36(53)54)13-12-38(19,3)14-15-41(18,42)6)40(21,5)10-9-22(37)55-35-30(26(47)25(46)29(57-35)33(51)52)58-34-27(48)23(44)24(45)28(56-34)32(49)50;/h16,19,21-31,34-35,44-48H,8-15,17H2,1-7H3,(H,49,50)(H,51,52)(H,53,54);1H3/t19-,21-,22-,23?,24?,25?,26?,27?,28?,29?,30?,31+,34?,35?,38+,39-,40-,41+,42+;/m0./s1. The number of carboxylic acid groups (broad SMARTS) is 3. The molecule has 7 rings (SSSR count). The number of hydrogen-bond acceptors (Lipinski definition) is 14. The van der Waals surface area contributed by atoms with E-state index in [0.29, 0.717) is 38.5 Å². The summed E-state index contributed by atoms with van der Waals surface area (Å²) in [6, 6.07) is 0. The summed E-state index contributed by atoms with van der Waals surface area (Å²) in [6.45, 7) is 14.7. The van der Waals surface area contributed by atoms with E-state index >= 15 is 0 Å². The van der Waals surface area contributed by atoms with Gasteiger partial charge in [0, 0.05) is 17.3 Å². The number of quaternary nitrogens is 1. The van der Waals surface area contributed by atoms with E-state index in [2.05, 4.69) is 27.7 Å². The number of ketones is 1. The van der Waals surface area contributed by atoms with Gasteiger partial charge in [-0.1, -0.05) is 54.0 Å². The van der Waals surface area contributed by atoms with Gasteiger partial charge in [0.1, 0.15) is 36.6 Å². The molecule has 2 heterocycles. The van der Waals surface area contributed by atoms with Crippen LogP contribution in [-0.4, -0.2) is 127 Å². The molecule has 5 aliphatic carbocycles. The zero-order valence-electron chi connectivity index (χ0n) is 35.3. The van der Waals surface area contributed by atoms with Gasteiger partial charge < -0.3 is 70.7 Å². The first-order chi connectivity index (χ1) is 26.8. The maximum absolute atomic E-state index is 14.8. The Labute approximate surface area is 344 Å². The predicted octanol–water partition coefficient (Wildman–Crippen LogP) is 1.29. The Balaban J connectivity index is 0.00000585. The highest BCUT2D eigenvalue weighted by molar-refractivity contribution is 5.95. The molecule has 4 saturated carbocycles. The number of ether oxygens (including phenoxy) is 4. The first-order valence-electron chi connectivity index (χ1n) is 20.7. The summed E-state index contributed by atoms with van der Waals surface area (Å²) in [5, 5.41) is 85.1. The molecule has 17 nitrogen and oxygen atoms in total. The van der Waals surface area contributed by atoms with Gasteiger partial charge in [0.25, 0.3) is 0 Å². The van der Waals surface area contributed by atoms with Gasteiger partial charge in [0.05, 0.1) is 6.10 Å². The number of aliphatic hydroxyl groups is 5. The molecule has 11 N–H and O–H groups in total. The first-order valence-corrected chi connectivity index (χ1v) is 20.7. The van der Waals surface area contributed by atoms with Gasteiger partial charge in [-0.2, -0.15) is 0 Å². The lowest BCUT2D eigenvalue weighted by molar-refractivity contribution is -0.371. The van der Waals surface area contributed by atoms with E-state index < -0.39 is 107 Å². The highest BCUT2D eigenvalue weighted by Gasteiger charge is 2.70. The molecule has 19 atom stereocenters. The average Bonchev–Trinajstić information content (AvgIpc) is 3.13. The minimum atomic E-state index is -2.05. The van der Waals surface area contributed by atoms with E-state index in [1.54, 1.807) is 6.92 Å². The maximum Gasteiger partial charge on any atom is 0.335 e. The molecule has 334 valence electrons. The Hall–Kier alpha value is -2.58.